The van der Waals surface area contributed by atoms with Gasteiger partial charge in [-0.3, -0.25) is 9.78 Å². The summed E-state index contributed by atoms with van der Waals surface area (Å²) in [6.07, 6.45) is 5.43. The number of ether oxygens (including phenoxy) is 1. The molecule has 29 heavy (non-hydrogen) atoms. The van der Waals surface area contributed by atoms with Gasteiger partial charge in [-0.05, 0) is 56.2 Å². The zero-order valence-corrected chi connectivity index (χ0v) is 17.0. The fourth-order valence-electron chi connectivity index (χ4n) is 3.48. The van der Waals surface area contributed by atoms with Crippen molar-refractivity contribution in [2.24, 2.45) is 5.92 Å². The van der Waals surface area contributed by atoms with Crippen LogP contribution in [0.15, 0.2) is 48.8 Å². The molecule has 7 heteroatoms. The number of aromatic nitrogens is 2. The Labute approximate surface area is 173 Å². The number of pyridine rings is 1. The van der Waals surface area contributed by atoms with Gasteiger partial charge in [0.05, 0.1) is 12.3 Å². The summed E-state index contributed by atoms with van der Waals surface area (Å²) < 4.78 is 18.8. The molecule has 3 aromatic rings. The lowest BCUT2D eigenvalue weighted by molar-refractivity contribution is 0.0637. The van der Waals surface area contributed by atoms with Crippen molar-refractivity contribution < 1.29 is 13.9 Å². The summed E-state index contributed by atoms with van der Waals surface area (Å²) in [5.41, 5.74) is 1.67. The number of carbonyl (C=O) groups excluding carboxylic acids is 1. The molecule has 0 saturated carbocycles. The Bertz CT molecular complexity index is 975. The number of hydrogen-bond acceptors (Lipinski definition) is 5. The van der Waals surface area contributed by atoms with Crippen LogP contribution in [0.5, 0.6) is 5.75 Å². The van der Waals surface area contributed by atoms with Gasteiger partial charge < -0.3 is 9.64 Å². The quantitative estimate of drug-likeness (QED) is 0.617. The van der Waals surface area contributed by atoms with E-state index in [1.807, 2.05) is 24.0 Å². The molecular weight excluding hydrogens is 389 g/mol. The molecule has 1 aliphatic heterocycles. The van der Waals surface area contributed by atoms with Crippen LogP contribution in [0.3, 0.4) is 0 Å². The van der Waals surface area contributed by atoms with Crippen molar-refractivity contribution in [1.82, 2.24) is 14.9 Å². The summed E-state index contributed by atoms with van der Waals surface area (Å²) in [5.74, 6) is 0.650. The highest BCUT2D eigenvalue weighted by Crippen LogP contribution is 2.29. The second kappa shape index (κ2) is 8.69. The lowest BCUT2D eigenvalue weighted by atomic mass is 9.98. The number of hydrogen-bond donors (Lipinski definition) is 0. The van der Waals surface area contributed by atoms with E-state index >= 15 is 0 Å². The van der Waals surface area contributed by atoms with Crippen molar-refractivity contribution in [3.8, 4) is 16.3 Å². The van der Waals surface area contributed by atoms with Crippen molar-refractivity contribution in [3.05, 3.63) is 65.2 Å². The molecule has 5 nitrogen and oxygen atoms in total. The van der Waals surface area contributed by atoms with Crippen LogP contribution in [-0.4, -0.2) is 40.5 Å². The van der Waals surface area contributed by atoms with Crippen molar-refractivity contribution in [1.29, 1.82) is 0 Å². The summed E-state index contributed by atoms with van der Waals surface area (Å²) in [6.45, 7) is 3.78. The van der Waals surface area contributed by atoms with Crippen LogP contribution in [-0.2, 0) is 0 Å². The maximum Gasteiger partial charge on any atom is 0.265 e. The van der Waals surface area contributed by atoms with Gasteiger partial charge in [0.1, 0.15) is 21.5 Å². The molecule has 1 fully saturated rings. The number of aryl methyl sites for hydroxylation is 1. The van der Waals surface area contributed by atoms with Crippen LogP contribution in [0.4, 0.5) is 4.39 Å². The van der Waals surface area contributed by atoms with E-state index in [9.17, 15) is 9.18 Å². The van der Waals surface area contributed by atoms with Crippen molar-refractivity contribution in [3.63, 3.8) is 0 Å². The second-order valence-electron chi connectivity index (χ2n) is 7.20. The first-order valence-corrected chi connectivity index (χ1v) is 10.5. The highest BCUT2D eigenvalue weighted by molar-refractivity contribution is 7.17. The lowest BCUT2D eigenvalue weighted by Crippen LogP contribution is -2.41. The number of nitrogens with zero attached hydrogens (tertiary/aromatic N) is 3. The molecule has 1 atom stereocenters. The predicted octanol–water partition coefficient (Wildman–Crippen LogP) is 4.58. The van der Waals surface area contributed by atoms with E-state index in [1.54, 1.807) is 24.5 Å². The van der Waals surface area contributed by atoms with Crippen LogP contribution in [0, 0.1) is 18.7 Å². The van der Waals surface area contributed by atoms with Gasteiger partial charge in [0.2, 0.25) is 0 Å². The number of rotatable bonds is 5. The third-order valence-electron chi connectivity index (χ3n) is 5.00. The van der Waals surface area contributed by atoms with Crippen molar-refractivity contribution in [2.45, 2.75) is 19.8 Å². The number of halogens is 1. The topological polar surface area (TPSA) is 55.3 Å². The molecule has 0 spiro atoms. The van der Waals surface area contributed by atoms with Gasteiger partial charge in [0.15, 0.2) is 0 Å². The Morgan fingerprint density at radius 2 is 2.14 bits per heavy atom. The molecule has 0 aliphatic carbocycles. The smallest absolute Gasteiger partial charge is 0.265 e. The molecule has 150 valence electrons. The molecule has 0 radical (unpaired) electrons. The zero-order valence-electron chi connectivity index (χ0n) is 16.2. The van der Waals surface area contributed by atoms with E-state index in [0.717, 1.165) is 35.7 Å². The van der Waals surface area contributed by atoms with Gasteiger partial charge in [-0.2, -0.15) is 0 Å². The van der Waals surface area contributed by atoms with Gasteiger partial charge in [-0.15, -0.1) is 11.3 Å². The van der Waals surface area contributed by atoms with E-state index in [2.05, 4.69) is 9.97 Å². The molecule has 1 amide bonds. The summed E-state index contributed by atoms with van der Waals surface area (Å²) in [7, 11) is 0. The monoisotopic (exact) mass is 411 g/mol. The first-order valence-electron chi connectivity index (χ1n) is 9.65. The largest absolute Gasteiger partial charge is 0.493 e. The number of likely N-dealkylation sites (tertiary alicyclic amines) is 1. The molecule has 4 rings (SSSR count). The summed E-state index contributed by atoms with van der Waals surface area (Å²) in [5, 5.41) is 0.812. The lowest BCUT2D eigenvalue weighted by Gasteiger charge is -2.32. The van der Waals surface area contributed by atoms with Gasteiger partial charge in [0.25, 0.3) is 5.91 Å². The van der Waals surface area contributed by atoms with Crippen molar-refractivity contribution in [2.75, 3.05) is 19.7 Å². The Kier molecular flexibility index (Phi) is 5.85. The number of benzene rings is 1. The highest BCUT2D eigenvalue weighted by atomic mass is 32.1. The first kappa shape index (κ1) is 19.5. The Morgan fingerprint density at radius 3 is 2.90 bits per heavy atom. The van der Waals surface area contributed by atoms with E-state index < -0.39 is 0 Å². The molecule has 3 heterocycles. The van der Waals surface area contributed by atoms with E-state index in [-0.39, 0.29) is 17.6 Å². The van der Waals surface area contributed by atoms with Gasteiger partial charge >= 0.3 is 0 Å². The highest BCUT2D eigenvalue weighted by Gasteiger charge is 2.27. The molecule has 0 bridgehead atoms. The van der Waals surface area contributed by atoms with E-state index in [4.69, 9.17) is 4.74 Å². The predicted molar refractivity (Wildman–Crippen MR) is 111 cm³/mol. The maximum atomic E-state index is 13.1. The average molecular weight is 412 g/mol. The third-order valence-corrected chi connectivity index (χ3v) is 6.20. The van der Waals surface area contributed by atoms with Crippen LogP contribution < -0.4 is 4.74 Å². The summed E-state index contributed by atoms with van der Waals surface area (Å²) >= 11 is 1.42. The minimum absolute atomic E-state index is 0.0293. The first-order chi connectivity index (χ1) is 14.1. The molecule has 1 aliphatic rings. The minimum Gasteiger partial charge on any atom is -0.493 e. The number of carbonyl (C=O) groups is 1. The molecular formula is C22H22FN3O2S. The Morgan fingerprint density at radius 1 is 1.31 bits per heavy atom. The van der Waals surface area contributed by atoms with Gasteiger partial charge in [-0.1, -0.05) is 0 Å². The van der Waals surface area contributed by atoms with Gasteiger partial charge in [-0.25, -0.2) is 9.37 Å². The Hall–Kier alpha value is -2.80. The van der Waals surface area contributed by atoms with Gasteiger partial charge in [0, 0.05) is 37.0 Å². The average Bonchev–Trinajstić information content (AvgIpc) is 3.15. The molecule has 1 saturated heterocycles. The summed E-state index contributed by atoms with van der Waals surface area (Å²) in [6, 6.07) is 9.84. The maximum absolute atomic E-state index is 13.1. The van der Waals surface area contributed by atoms with Crippen LogP contribution >= 0.6 is 11.3 Å². The number of amides is 1. The second-order valence-corrected chi connectivity index (χ2v) is 8.20. The van der Waals surface area contributed by atoms with Crippen LogP contribution in [0.2, 0.25) is 0 Å². The van der Waals surface area contributed by atoms with Crippen LogP contribution in [0.1, 0.15) is 28.2 Å². The fourth-order valence-corrected chi connectivity index (χ4v) is 4.51. The van der Waals surface area contributed by atoms with Crippen molar-refractivity contribution >= 4 is 17.2 Å². The van der Waals surface area contributed by atoms with E-state index in [1.165, 1.54) is 23.5 Å². The standard InChI is InChI=1S/C22H22FN3O2S/c1-15-20(29-21(25-15)17-5-2-10-24-12-17)22(27)26-11-3-4-16(13-26)14-28-19-8-6-18(23)7-9-19/h2,5-10,12,16H,3-4,11,13-14H2,1H3/t16-/m1/s1. The van der Waals surface area contributed by atoms with Crippen LogP contribution in [0.25, 0.3) is 10.6 Å². The molecule has 0 unspecified atom stereocenters. The SMILES string of the molecule is Cc1nc(-c2cccnc2)sc1C(=O)N1CCC[C@@H](COc2ccc(F)cc2)C1. The number of piperidine rings is 1. The molecule has 1 aromatic carbocycles. The Balaban J connectivity index is 1.41. The minimum atomic E-state index is -0.280. The normalized spacial score (nSPS) is 16.6. The fraction of sp³-hybridized carbons (Fsp3) is 0.318. The third kappa shape index (κ3) is 4.62. The molecule has 0 N–H and O–H groups in total. The zero-order chi connectivity index (χ0) is 20.2. The summed E-state index contributed by atoms with van der Waals surface area (Å²) in [4.78, 5) is 24.4. The molecule has 2 aromatic heterocycles. The number of thiazole rings is 1. The van der Waals surface area contributed by atoms with E-state index in [0.29, 0.717) is 23.8 Å².